The number of rotatable bonds is 15. The second kappa shape index (κ2) is 17.9. The van der Waals surface area contributed by atoms with E-state index in [4.69, 9.17) is 49.1 Å². The molecule has 24 heteroatoms. The molecule has 0 radical (unpaired) electrons. The number of halogens is 1. The molecule has 0 aromatic carbocycles. The molecule has 0 bridgehead atoms. The molecular weight excluding hydrogens is 829 g/mol. The van der Waals surface area contributed by atoms with Crippen LogP contribution in [0.5, 0.6) is 0 Å². The van der Waals surface area contributed by atoms with Crippen molar-refractivity contribution in [3.8, 4) is 0 Å². The summed E-state index contributed by atoms with van der Waals surface area (Å²) in [7, 11) is -6.31. The third kappa shape index (κ3) is 9.77. The molecule has 3 amide bonds. The minimum Gasteiger partial charge on any atom is -0.452 e. The van der Waals surface area contributed by atoms with Gasteiger partial charge in [0.15, 0.2) is 23.5 Å². The number of nitrogens with zero attached hydrogens (tertiary/aromatic N) is 6. The summed E-state index contributed by atoms with van der Waals surface area (Å²) in [5.41, 5.74) is -0.588. The van der Waals surface area contributed by atoms with Crippen LogP contribution in [0.25, 0.3) is 11.0 Å². The lowest BCUT2D eigenvalue weighted by Crippen LogP contribution is -2.49. The van der Waals surface area contributed by atoms with Gasteiger partial charge < -0.3 is 42.2 Å². The van der Waals surface area contributed by atoms with Crippen molar-refractivity contribution in [3.63, 3.8) is 0 Å². The highest BCUT2D eigenvalue weighted by atomic mass is 35.5. The Bertz CT molecular complexity index is 2010. The maximum absolute atomic E-state index is 14.6. The standard InChI is InChI=1S/C34H53ClN7O14PS/c1-11-51-57(46,52-12-2)34(19-48-8,28(43)39-58(10,47)40-30(44)49-9)50-18-22-23-24(55-33(6,7)54-23)27(53-22)42-26-21(17-36-42)25(37-29(35)38-26)41(20-15-13-14-16-20)31(45)56-32(3,4)5/h17,20,22-24,27H,11-16,18-19H2,1-10H3,(H,39,40,43,44,47)/t22-,23-,24-,27-,34+,58?/m1/s1. The number of anilines is 1. The van der Waals surface area contributed by atoms with Crippen LogP contribution in [0.3, 0.4) is 0 Å². The van der Waals surface area contributed by atoms with Crippen LogP contribution in [0.1, 0.15) is 80.4 Å². The fourth-order valence-corrected chi connectivity index (χ4v) is 10.1. The predicted molar refractivity (Wildman–Crippen MR) is 207 cm³/mol. The van der Waals surface area contributed by atoms with Crippen LogP contribution in [-0.2, 0) is 61.5 Å². The molecule has 2 aromatic heterocycles. The quantitative estimate of drug-likeness (QED) is 0.181. The monoisotopic (exact) mass is 881 g/mol. The average Bonchev–Trinajstić information content (AvgIpc) is 3.90. The van der Waals surface area contributed by atoms with E-state index in [0.29, 0.717) is 5.39 Å². The zero-order chi connectivity index (χ0) is 42.8. The third-order valence-corrected chi connectivity index (χ3v) is 13.0. The van der Waals surface area contributed by atoms with Crippen molar-refractivity contribution in [3.05, 3.63) is 11.5 Å². The van der Waals surface area contributed by atoms with Crippen molar-refractivity contribution in [2.45, 2.75) is 121 Å². The smallest absolute Gasteiger partial charge is 0.419 e. The molecule has 21 nitrogen and oxygen atoms in total. The molecule has 1 unspecified atom stereocenters. The normalized spacial score (nSPS) is 24.2. The second-order valence-corrected chi connectivity index (χ2v) is 19.8. The van der Waals surface area contributed by atoms with Crippen molar-refractivity contribution in [2.75, 3.05) is 51.8 Å². The summed E-state index contributed by atoms with van der Waals surface area (Å²) in [5, 5.41) is 2.15. The van der Waals surface area contributed by atoms with Crippen LogP contribution >= 0.6 is 19.2 Å². The molecule has 2 aromatic rings. The highest BCUT2D eigenvalue weighted by Crippen LogP contribution is 2.62. The van der Waals surface area contributed by atoms with Gasteiger partial charge >= 0.3 is 25.7 Å². The van der Waals surface area contributed by atoms with E-state index in [0.717, 1.165) is 39.0 Å². The molecular formula is C34H53ClN7O14PS. The highest BCUT2D eigenvalue weighted by Gasteiger charge is 2.62. The van der Waals surface area contributed by atoms with E-state index in [1.807, 2.05) is 4.72 Å². The molecule has 58 heavy (non-hydrogen) atoms. The Labute approximate surface area is 342 Å². The number of hydrogen-bond acceptors (Lipinski definition) is 17. The maximum atomic E-state index is 14.6. The molecule has 0 spiro atoms. The first-order chi connectivity index (χ1) is 27.1. The summed E-state index contributed by atoms with van der Waals surface area (Å²) in [6.07, 6.45) is 0.0878. The largest absolute Gasteiger partial charge is 0.452 e. The van der Waals surface area contributed by atoms with Crippen molar-refractivity contribution >= 4 is 64.1 Å². The number of carbonyl (C=O) groups is 3. The first kappa shape index (κ1) is 46.0. The van der Waals surface area contributed by atoms with Crippen LogP contribution < -0.4 is 9.62 Å². The van der Waals surface area contributed by atoms with Gasteiger partial charge in [0.05, 0.1) is 45.1 Å². The molecule has 326 valence electrons. The summed E-state index contributed by atoms with van der Waals surface area (Å²) in [5.74, 6) is -2.32. The number of methoxy groups -OCH3 is 2. The fourth-order valence-electron chi connectivity index (χ4n) is 7.02. The summed E-state index contributed by atoms with van der Waals surface area (Å²) in [4.78, 5) is 50.3. The first-order valence-electron chi connectivity index (χ1n) is 18.7. The van der Waals surface area contributed by atoms with E-state index in [1.54, 1.807) is 34.6 Å². The van der Waals surface area contributed by atoms with E-state index in [-0.39, 0.29) is 36.0 Å². The van der Waals surface area contributed by atoms with Crippen molar-refractivity contribution < 1.29 is 65.4 Å². The minimum atomic E-state index is -4.70. The molecule has 1 aliphatic carbocycles. The minimum absolute atomic E-state index is 0.169. The van der Waals surface area contributed by atoms with Crippen LogP contribution in [0.2, 0.25) is 5.28 Å². The number of nitrogens with one attached hydrogen (secondary N) is 1. The van der Waals surface area contributed by atoms with Gasteiger partial charge in [-0.25, -0.2) is 23.2 Å². The third-order valence-electron chi connectivity index (χ3n) is 9.20. The first-order valence-corrected chi connectivity index (χ1v) is 22.6. The summed E-state index contributed by atoms with van der Waals surface area (Å²) >= 11 is 6.56. The Kier molecular flexibility index (Phi) is 14.2. The van der Waals surface area contributed by atoms with E-state index in [2.05, 4.69) is 24.2 Å². The van der Waals surface area contributed by atoms with Gasteiger partial charge in [0.25, 0.3) is 5.34 Å². The number of ether oxygens (including phenoxy) is 7. The van der Waals surface area contributed by atoms with Crippen molar-refractivity contribution in [2.24, 2.45) is 4.36 Å². The number of amides is 3. The predicted octanol–water partition coefficient (Wildman–Crippen LogP) is 5.10. The number of fused-ring (bicyclic) bond motifs is 2. The molecule has 4 heterocycles. The lowest BCUT2D eigenvalue weighted by Gasteiger charge is -2.36. The molecule has 3 aliphatic rings. The van der Waals surface area contributed by atoms with Gasteiger partial charge in [-0.05, 0) is 72.9 Å². The van der Waals surface area contributed by atoms with Crippen molar-refractivity contribution in [1.82, 2.24) is 24.5 Å². The van der Waals surface area contributed by atoms with E-state index in [1.165, 1.54) is 36.7 Å². The molecule has 2 aliphatic heterocycles. The van der Waals surface area contributed by atoms with E-state index >= 15 is 0 Å². The van der Waals surface area contributed by atoms with Gasteiger partial charge in [-0.15, -0.1) is 4.36 Å². The van der Waals surface area contributed by atoms with Gasteiger partial charge in [-0.1, -0.05) is 12.8 Å². The van der Waals surface area contributed by atoms with Crippen LogP contribution in [0.15, 0.2) is 10.6 Å². The molecule has 1 saturated carbocycles. The van der Waals surface area contributed by atoms with Crippen LogP contribution in [0.4, 0.5) is 15.4 Å². The Morgan fingerprint density at radius 1 is 1.10 bits per heavy atom. The van der Waals surface area contributed by atoms with Gasteiger partial charge in [0.1, 0.15) is 33.8 Å². The molecule has 6 atom stereocenters. The Morgan fingerprint density at radius 3 is 2.33 bits per heavy atom. The SMILES string of the molecule is CCOP(=O)(OCC)[C@](COC)(OC[C@H]1O[C@@H](n2ncc3c(N(C(=O)OC(C)(C)C)C4CCCC4)nc(Cl)nc32)[C@@H]2OC(C)(C)O[C@@H]21)C(=O)N=S(C)(=O)NC(=O)OC. The lowest BCUT2D eigenvalue weighted by atomic mass is 10.1. The van der Waals surface area contributed by atoms with Gasteiger partial charge in [-0.3, -0.25) is 14.3 Å². The highest BCUT2D eigenvalue weighted by molar-refractivity contribution is 7.91. The van der Waals surface area contributed by atoms with Gasteiger partial charge in [0, 0.05) is 19.4 Å². The zero-order valence-electron chi connectivity index (χ0n) is 34.3. The Hall–Kier alpha value is -3.05. The van der Waals surface area contributed by atoms with Crippen LogP contribution in [0, 0.1) is 0 Å². The topological polar surface area (TPSA) is 240 Å². The summed E-state index contributed by atoms with van der Waals surface area (Å²) < 4.78 is 87.2. The average molecular weight is 882 g/mol. The number of carbonyl (C=O) groups excluding carboxylic acids is 3. The van der Waals surface area contributed by atoms with E-state index < -0.39 is 90.1 Å². The van der Waals surface area contributed by atoms with Gasteiger partial charge in [0.2, 0.25) is 5.28 Å². The zero-order valence-corrected chi connectivity index (χ0v) is 36.7. The lowest BCUT2D eigenvalue weighted by molar-refractivity contribution is -0.207. The Balaban J connectivity index is 1.56. The number of aromatic nitrogens is 4. The molecule has 5 rings (SSSR count). The fraction of sp³-hybridized carbons (Fsp3) is 0.765. The Morgan fingerprint density at radius 2 is 1.74 bits per heavy atom. The second-order valence-electron chi connectivity index (χ2n) is 15.2. The maximum Gasteiger partial charge on any atom is 0.419 e. The summed E-state index contributed by atoms with van der Waals surface area (Å²) in [6.45, 7) is 10.0. The molecule has 3 fully saturated rings. The summed E-state index contributed by atoms with van der Waals surface area (Å²) in [6, 6.07) is -0.211. The number of hydrogen-bond donors (Lipinski definition) is 1. The van der Waals surface area contributed by atoms with E-state index in [9.17, 15) is 23.2 Å². The van der Waals surface area contributed by atoms with Gasteiger partial charge in [-0.2, -0.15) is 15.1 Å². The van der Waals surface area contributed by atoms with Crippen molar-refractivity contribution in [1.29, 1.82) is 0 Å². The van der Waals surface area contributed by atoms with Crippen LogP contribution in [-0.4, -0.2) is 130 Å². The molecule has 1 N–H and O–H groups in total. The molecule has 2 saturated heterocycles.